The molecule has 0 radical (unpaired) electrons. The highest BCUT2D eigenvalue weighted by Crippen LogP contribution is 2.50. The van der Waals surface area contributed by atoms with Gasteiger partial charge in [0.05, 0.1) is 12.5 Å². The van der Waals surface area contributed by atoms with Gasteiger partial charge in [-0.1, -0.05) is 11.8 Å². The molecule has 3 heterocycles. The summed E-state index contributed by atoms with van der Waals surface area (Å²) in [6.07, 6.45) is 1.26. The van der Waals surface area contributed by atoms with Gasteiger partial charge in [0.15, 0.2) is 5.70 Å². The van der Waals surface area contributed by atoms with Crippen LogP contribution in [0.4, 0.5) is 0 Å². The fourth-order valence-electron chi connectivity index (χ4n) is 1.95. The van der Waals surface area contributed by atoms with Crippen LogP contribution in [-0.2, 0) is 9.59 Å². The van der Waals surface area contributed by atoms with Gasteiger partial charge in [0, 0.05) is 0 Å². The third kappa shape index (κ3) is 1.29. The van der Waals surface area contributed by atoms with Gasteiger partial charge in [-0.2, -0.15) is 4.68 Å². The molecule has 0 spiro atoms. The van der Waals surface area contributed by atoms with E-state index in [1.165, 1.54) is 11.0 Å². The first-order valence-electron chi connectivity index (χ1n) is 4.96. The Morgan fingerprint density at radius 3 is 2.89 bits per heavy atom. The van der Waals surface area contributed by atoms with E-state index in [9.17, 15) is 14.7 Å². The van der Waals surface area contributed by atoms with Crippen molar-refractivity contribution in [2.24, 2.45) is 5.92 Å². The summed E-state index contributed by atoms with van der Waals surface area (Å²) in [6.45, 7) is -0.303. The van der Waals surface area contributed by atoms with E-state index in [0.29, 0.717) is 0 Å². The van der Waals surface area contributed by atoms with Crippen molar-refractivity contribution in [3.05, 3.63) is 12.0 Å². The standard InChI is InChI=1S/C8H7N5O4S/c14-1-3-5(15)13-4(8(16)17)7(18-6(3)13)12-2-9-10-11-12/h2-3,6,14H,1H2,(H,16,17)/t3-,6+/m0/s1. The van der Waals surface area contributed by atoms with Crippen LogP contribution in [0.5, 0.6) is 0 Å². The van der Waals surface area contributed by atoms with E-state index in [1.807, 2.05) is 0 Å². The number of amides is 1. The summed E-state index contributed by atoms with van der Waals surface area (Å²) in [5.41, 5.74) is -0.146. The number of β-lactam (4-membered cyclic amide) rings is 1. The van der Waals surface area contributed by atoms with E-state index in [4.69, 9.17) is 5.11 Å². The summed E-state index contributed by atoms with van der Waals surface area (Å²) in [4.78, 5) is 24.1. The van der Waals surface area contributed by atoms with Crippen LogP contribution in [0.15, 0.2) is 12.0 Å². The lowest BCUT2D eigenvalue weighted by Gasteiger charge is -2.40. The first-order valence-corrected chi connectivity index (χ1v) is 5.84. The molecule has 2 N–H and O–H groups in total. The average Bonchev–Trinajstić information content (AvgIpc) is 2.93. The lowest BCUT2D eigenvalue weighted by atomic mass is 9.98. The Morgan fingerprint density at radius 1 is 1.56 bits per heavy atom. The molecule has 1 saturated heterocycles. The molecule has 18 heavy (non-hydrogen) atoms. The summed E-state index contributed by atoms with van der Waals surface area (Å²) in [5, 5.41) is 28.6. The first-order chi connectivity index (χ1) is 8.65. The molecule has 1 aromatic heterocycles. The average molecular weight is 269 g/mol. The molecule has 94 valence electrons. The van der Waals surface area contributed by atoms with Gasteiger partial charge in [-0.05, 0) is 10.4 Å². The van der Waals surface area contributed by atoms with Gasteiger partial charge in [0.25, 0.3) is 0 Å². The maximum atomic E-state index is 11.7. The van der Waals surface area contributed by atoms with Gasteiger partial charge in [-0.15, -0.1) is 5.10 Å². The zero-order valence-electron chi connectivity index (χ0n) is 8.79. The predicted octanol–water partition coefficient (Wildman–Crippen LogP) is -1.59. The maximum absolute atomic E-state index is 11.7. The summed E-state index contributed by atoms with van der Waals surface area (Å²) in [6, 6.07) is 0. The molecule has 1 amide bonds. The monoisotopic (exact) mass is 269 g/mol. The van der Waals surface area contributed by atoms with Crippen LogP contribution < -0.4 is 0 Å². The largest absolute Gasteiger partial charge is 0.476 e. The minimum atomic E-state index is -1.22. The van der Waals surface area contributed by atoms with E-state index in [0.717, 1.165) is 16.7 Å². The van der Waals surface area contributed by atoms with Crippen molar-refractivity contribution in [1.29, 1.82) is 0 Å². The third-order valence-corrected chi connectivity index (χ3v) is 4.17. The van der Waals surface area contributed by atoms with E-state index in [2.05, 4.69) is 15.5 Å². The Morgan fingerprint density at radius 2 is 2.33 bits per heavy atom. The number of hydrogen-bond acceptors (Lipinski definition) is 7. The van der Waals surface area contributed by atoms with Gasteiger partial charge < -0.3 is 10.2 Å². The number of carbonyl (C=O) groups excluding carboxylic acids is 1. The Hall–Kier alpha value is -1.94. The van der Waals surface area contributed by atoms with Crippen LogP contribution >= 0.6 is 11.8 Å². The molecule has 9 nitrogen and oxygen atoms in total. The number of tetrazole rings is 1. The smallest absolute Gasteiger partial charge is 0.355 e. The zero-order valence-corrected chi connectivity index (χ0v) is 9.61. The number of carboxylic acids is 1. The highest BCUT2D eigenvalue weighted by molar-refractivity contribution is 8.08. The van der Waals surface area contributed by atoms with Crippen molar-refractivity contribution in [2.45, 2.75) is 5.37 Å². The Bertz CT molecular complexity index is 556. The number of aliphatic hydroxyl groups excluding tert-OH is 1. The number of carbonyl (C=O) groups is 2. The van der Waals surface area contributed by atoms with Crippen molar-refractivity contribution >= 4 is 28.7 Å². The third-order valence-electron chi connectivity index (χ3n) is 2.79. The van der Waals surface area contributed by atoms with Gasteiger partial charge in [0.1, 0.15) is 16.7 Å². The zero-order chi connectivity index (χ0) is 12.9. The fourth-order valence-corrected chi connectivity index (χ4v) is 3.35. The van der Waals surface area contributed by atoms with Crippen LogP contribution in [0.2, 0.25) is 0 Å². The van der Waals surface area contributed by atoms with Gasteiger partial charge >= 0.3 is 5.97 Å². The highest BCUT2D eigenvalue weighted by Gasteiger charge is 2.56. The second-order valence-electron chi connectivity index (χ2n) is 3.72. The molecule has 0 aromatic carbocycles. The lowest BCUT2D eigenvalue weighted by Crippen LogP contribution is -2.58. The minimum Gasteiger partial charge on any atom is -0.476 e. The lowest BCUT2D eigenvalue weighted by molar-refractivity contribution is -0.153. The minimum absolute atomic E-state index is 0.146. The number of fused-ring (bicyclic) bond motifs is 1. The summed E-state index contributed by atoms with van der Waals surface area (Å²) in [5.74, 6) is -2.19. The van der Waals surface area contributed by atoms with Crippen molar-refractivity contribution in [3.63, 3.8) is 0 Å². The number of thioether (sulfide) groups is 1. The van der Waals surface area contributed by atoms with E-state index >= 15 is 0 Å². The maximum Gasteiger partial charge on any atom is 0.355 e. The Labute approximate surface area is 104 Å². The van der Waals surface area contributed by atoms with Crippen molar-refractivity contribution < 1.29 is 19.8 Å². The summed E-state index contributed by atoms with van der Waals surface area (Å²) >= 11 is 1.16. The number of hydrogen-bond donors (Lipinski definition) is 2. The predicted molar refractivity (Wildman–Crippen MR) is 57.5 cm³/mol. The van der Waals surface area contributed by atoms with Crippen molar-refractivity contribution in [1.82, 2.24) is 25.1 Å². The molecule has 1 aromatic rings. The quantitative estimate of drug-likeness (QED) is 0.630. The van der Waals surface area contributed by atoms with Crippen LogP contribution in [-0.4, -0.2) is 59.2 Å². The van der Waals surface area contributed by atoms with E-state index in [1.54, 1.807) is 0 Å². The molecule has 2 aliphatic heterocycles. The van der Waals surface area contributed by atoms with Gasteiger partial charge in [0.2, 0.25) is 5.91 Å². The Kier molecular flexibility index (Phi) is 2.35. The van der Waals surface area contributed by atoms with E-state index in [-0.39, 0.29) is 17.3 Å². The second-order valence-corrected chi connectivity index (χ2v) is 4.82. The molecule has 10 heteroatoms. The molecule has 0 aliphatic carbocycles. The molecule has 1 fully saturated rings. The highest BCUT2D eigenvalue weighted by atomic mass is 32.2. The van der Waals surface area contributed by atoms with Crippen LogP contribution in [0.1, 0.15) is 0 Å². The number of rotatable bonds is 3. The summed E-state index contributed by atoms with van der Waals surface area (Å²) < 4.78 is 1.20. The van der Waals surface area contributed by atoms with Crippen molar-refractivity contribution in [2.75, 3.05) is 6.61 Å². The molecule has 0 bridgehead atoms. The number of nitrogens with zero attached hydrogens (tertiary/aromatic N) is 5. The van der Waals surface area contributed by atoms with Crippen LogP contribution in [0, 0.1) is 5.92 Å². The molecular weight excluding hydrogens is 262 g/mol. The van der Waals surface area contributed by atoms with Crippen LogP contribution in [0.3, 0.4) is 0 Å². The number of carboxylic acid groups (broad SMARTS) is 1. The van der Waals surface area contributed by atoms with Gasteiger partial charge in [-0.25, -0.2) is 4.79 Å². The van der Waals surface area contributed by atoms with Crippen molar-refractivity contribution in [3.8, 4) is 0 Å². The molecular formula is C8H7N5O4S. The number of aromatic nitrogens is 4. The fraction of sp³-hybridized carbons (Fsp3) is 0.375. The number of aliphatic carboxylic acids is 1. The Balaban J connectivity index is 2.03. The molecule has 2 atom stereocenters. The molecule has 2 aliphatic rings. The molecule has 3 rings (SSSR count). The second kappa shape index (κ2) is 3.78. The molecule has 0 unspecified atom stereocenters. The normalized spacial score (nSPS) is 26.3. The van der Waals surface area contributed by atoms with Crippen LogP contribution in [0.25, 0.3) is 5.03 Å². The van der Waals surface area contributed by atoms with Gasteiger partial charge in [-0.3, -0.25) is 9.69 Å². The number of aliphatic hydroxyl groups is 1. The first kappa shape index (κ1) is 11.2. The summed E-state index contributed by atoms with van der Waals surface area (Å²) in [7, 11) is 0. The molecule has 0 saturated carbocycles. The van der Waals surface area contributed by atoms with E-state index < -0.39 is 23.2 Å². The SMILES string of the molecule is O=C(O)C1=C(n2cnnn2)S[C@@H]2[C@@H](CO)C(=O)N12. The topological polar surface area (TPSA) is 121 Å².